The highest BCUT2D eigenvalue weighted by Gasteiger charge is 2.37. The van der Waals surface area contributed by atoms with Crippen molar-refractivity contribution in [1.82, 2.24) is 24.4 Å². The number of nitrogens with zero attached hydrogens (tertiary/aromatic N) is 6. The van der Waals surface area contributed by atoms with Crippen LogP contribution in [0.3, 0.4) is 0 Å². The molecule has 0 spiro atoms. The zero-order chi connectivity index (χ0) is 27.7. The number of hydrogen-bond donors (Lipinski definition) is 0. The third kappa shape index (κ3) is 3.92. The first-order chi connectivity index (χ1) is 18.5. The van der Waals surface area contributed by atoms with E-state index in [9.17, 15) is 36.0 Å². The lowest BCUT2D eigenvalue weighted by molar-refractivity contribution is -0.143. The standard InChI is InChI=1S/C26H11F7N6/c27-16-5-6-17-22(10-16)39-21-4-2-1-3-19(21)35-24(39)18(11-34)23(17)38-12-20(36-37-38)13-7-14(25(28,29)30)9-15(8-13)26(31,32)33/h1-10,12H. The van der Waals surface area contributed by atoms with E-state index in [1.807, 2.05) is 6.07 Å². The lowest BCUT2D eigenvalue weighted by Crippen LogP contribution is -2.11. The van der Waals surface area contributed by atoms with Crippen LogP contribution >= 0.6 is 0 Å². The van der Waals surface area contributed by atoms with Crippen LogP contribution in [0.1, 0.15) is 16.7 Å². The highest BCUT2D eigenvalue weighted by Crippen LogP contribution is 2.39. The summed E-state index contributed by atoms with van der Waals surface area (Å²) in [5, 5.41) is 18.1. The first-order valence-corrected chi connectivity index (χ1v) is 11.1. The molecular formula is C26H11F7N6. The van der Waals surface area contributed by atoms with E-state index in [2.05, 4.69) is 15.3 Å². The second-order valence-electron chi connectivity index (χ2n) is 8.60. The highest BCUT2D eigenvalue weighted by atomic mass is 19.4. The molecule has 0 amide bonds. The Morgan fingerprint density at radius 3 is 2.18 bits per heavy atom. The number of hydrogen-bond acceptors (Lipinski definition) is 4. The van der Waals surface area contributed by atoms with Gasteiger partial charge in [0.05, 0.1) is 39.6 Å². The van der Waals surface area contributed by atoms with E-state index in [1.165, 1.54) is 12.1 Å². The van der Waals surface area contributed by atoms with Crippen molar-refractivity contribution in [2.75, 3.05) is 0 Å². The molecule has 6 rings (SSSR count). The zero-order valence-corrected chi connectivity index (χ0v) is 19.2. The monoisotopic (exact) mass is 540 g/mol. The van der Waals surface area contributed by atoms with Gasteiger partial charge in [0, 0.05) is 10.9 Å². The SMILES string of the molecule is N#Cc1c(-n2cc(-c3cc(C(F)(F)F)cc(C(F)(F)F)c3)nn2)c2ccc(F)cc2n2c1nc1ccccc12. The van der Waals surface area contributed by atoms with Crippen LogP contribution in [0.25, 0.3) is 44.5 Å². The number of halogens is 7. The van der Waals surface area contributed by atoms with Gasteiger partial charge in [0.1, 0.15) is 23.1 Å². The number of imidazole rings is 1. The molecule has 0 unspecified atom stereocenters. The summed E-state index contributed by atoms with van der Waals surface area (Å²) in [6, 6.07) is 13.8. The lowest BCUT2D eigenvalue weighted by Gasteiger charge is -2.13. The van der Waals surface area contributed by atoms with Gasteiger partial charge in [-0.1, -0.05) is 17.3 Å². The molecule has 0 aliphatic heterocycles. The minimum Gasteiger partial charge on any atom is -0.291 e. The van der Waals surface area contributed by atoms with Crippen molar-refractivity contribution in [3.63, 3.8) is 0 Å². The van der Waals surface area contributed by atoms with Gasteiger partial charge in [0.2, 0.25) is 0 Å². The van der Waals surface area contributed by atoms with Crippen molar-refractivity contribution in [1.29, 1.82) is 5.26 Å². The smallest absolute Gasteiger partial charge is 0.291 e. The van der Waals surface area contributed by atoms with Crippen LogP contribution in [0.5, 0.6) is 0 Å². The van der Waals surface area contributed by atoms with Crippen LogP contribution in [0.2, 0.25) is 0 Å². The summed E-state index contributed by atoms with van der Waals surface area (Å²) >= 11 is 0. The molecule has 6 nitrogen and oxygen atoms in total. The second kappa shape index (κ2) is 8.26. The fourth-order valence-electron chi connectivity index (χ4n) is 4.52. The van der Waals surface area contributed by atoms with Crippen molar-refractivity contribution >= 4 is 27.6 Å². The molecule has 3 aromatic carbocycles. The summed E-state index contributed by atoms with van der Waals surface area (Å²) in [6.45, 7) is 0. The molecule has 0 saturated carbocycles. The third-order valence-electron chi connectivity index (χ3n) is 6.19. The molecule has 0 bridgehead atoms. The summed E-state index contributed by atoms with van der Waals surface area (Å²) in [7, 11) is 0. The van der Waals surface area contributed by atoms with E-state index < -0.39 is 34.9 Å². The van der Waals surface area contributed by atoms with Crippen molar-refractivity contribution in [2.24, 2.45) is 0 Å². The maximum Gasteiger partial charge on any atom is 0.416 e. The molecule has 194 valence electrons. The minimum atomic E-state index is -5.05. The Hall–Kier alpha value is -4.99. The Labute approximate surface area is 213 Å². The Morgan fingerprint density at radius 1 is 0.821 bits per heavy atom. The van der Waals surface area contributed by atoms with Gasteiger partial charge in [0.25, 0.3) is 0 Å². The Morgan fingerprint density at radius 2 is 1.51 bits per heavy atom. The Balaban J connectivity index is 1.63. The second-order valence-corrected chi connectivity index (χ2v) is 8.60. The molecule has 0 N–H and O–H groups in total. The van der Waals surface area contributed by atoms with Crippen LogP contribution in [-0.4, -0.2) is 24.4 Å². The maximum atomic E-state index is 14.4. The molecule has 3 aromatic heterocycles. The Bertz CT molecular complexity index is 1940. The third-order valence-corrected chi connectivity index (χ3v) is 6.19. The summed E-state index contributed by atoms with van der Waals surface area (Å²) in [5.74, 6) is -0.583. The van der Waals surface area contributed by atoms with Crippen molar-refractivity contribution < 1.29 is 30.7 Å². The summed E-state index contributed by atoms with van der Waals surface area (Å²) in [5.41, 5.74) is -2.17. The molecule has 39 heavy (non-hydrogen) atoms. The average Bonchev–Trinajstić information content (AvgIpc) is 3.52. The molecule has 6 aromatic rings. The summed E-state index contributed by atoms with van der Waals surface area (Å²) in [4.78, 5) is 4.50. The normalized spacial score (nSPS) is 12.5. The minimum absolute atomic E-state index is 0.0122. The quantitative estimate of drug-likeness (QED) is 0.223. The molecule has 0 radical (unpaired) electrons. The van der Waals surface area contributed by atoms with Gasteiger partial charge in [-0.15, -0.1) is 5.10 Å². The molecule has 3 heterocycles. The molecule has 0 fully saturated rings. The predicted octanol–water partition coefficient (Wildman–Crippen LogP) is 6.94. The molecular weight excluding hydrogens is 529 g/mol. The highest BCUT2D eigenvalue weighted by molar-refractivity contribution is 5.99. The molecule has 13 heteroatoms. The number of aromatic nitrogens is 5. The van der Waals surface area contributed by atoms with Gasteiger partial charge in [0.15, 0.2) is 5.65 Å². The van der Waals surface area contributed by atoms with E-state index in [0.29, 0.717) is 34.1 Å². The zero-order valence-electron chi connectivity index (χ0n) is 19.2. The van der Waals surface area contributed by atoms with Crippen molar-refractivity contribution in [2.45, 2.75) is 12.4 Å². The number of alkyl halides is 6. The van der Waals surface area contributed by atoms with Gasteiger partial charge in [-0.2, -0.15) is 31.6 Å². The van der Waals surface area contributed by atoms with E-state index >= 15 is 0 Å². The van der Waals surface area contributed by atoms with E-state index in [1.54, 1.807) is 28.7 Å². The number of para-hydroxylation sites is 2. The summed E-state index contributed by atoms with van der Waals surface area (Å²) in [6.07, 6.45) is -8.99. The fourth-order valence-corrected chi connectivity index (χ4v) is 4.52. The number of rotatable bonds is 2. The van der Waals surface area contributed by atoms with Gasteiger partial charge in [-0.25, -0.2) is 14.1 Å². The first kappa shape index (κ1) is 24.4. The van der Waals surface area contributed by atoms with Crippen LogP contribution in [0.4, 0.5) is 30.7 Å². The van der Waals surface area contributed by atoms with Gasteiger partial charge in [-0.05, 0) is 48.5 Å². The van der Waals surface area contributed by atoms with E-state index in [-0.39, 0.29) is 28.7 Å². The predicted molar refractivity (Wildman–Crippen MR) is 125 cm³/mol. The van der Waals surface area contributed by atoms with Gasteiger partial charge >= 0.3 is 12.4 Å². The Kier molecular flexibility index (Phi) is 5.15. The average molecular weight is 540 g/mol. The molecule has 0 aliphatic rings. The topological polar surface area (TPSA) is 71.8 Å². The van der Waals surface area contributed by atoms with Crippen LogP contribution in [0.15, 0.2) is 66.9 Å². The van der Waals surface area contributed by atoms with Crippen LogP contribution in [-0.2, 0) is 12.4 Å². The lowest BCUT2D eigenvalue weighted by atomic mass is 10.0. The molecule has 0 aliphatic carbocycles. The number of nitriles is 1. The van der Waals surface area contributed by atoms with Crippen LogP contribution in [0, 0.1) is 17.1 Å². The van der Waals surface area contributed by atoms with Gasteiger partial charge < -0.3 is 0 Å². The molecule has 0 atom stereocenters. The summed E-state index contributed by atoms with van der Waals surface area (Å²) < 4.78 is 97.3. The van der Waals surface area contributed by atoms with Crippen molar-refractivity contribution in [3.05, 3.63) is 89.4 Å². The number of benzene rings is 3. The van der Waals surface area contributed by atoms with Crippen molar-refractivity contribution in [3.8, 4) is 23.0 Å². The van der Waals surface area contributed by atoms with Gasteiger partial charge in [-0.3, -0.25) is 4.40 Å². The van der Waals surface area contributed by atoms with E-state index in [4.69, 9.17) is 0 Å². The number of fused-ring (bicyclic) bond motifs is 5. The van der Waals surface area contributed by atoms with E-state index in [0.717, 1.165) is 16.9 Å². The maximum absolute atomic E-state index is 14.4. The van der Waals surface area contributed by atoms with Crippen LogP contribution < -0.4 is 0 Å². The molecule has 0 saturated heterocycles. The first-order valence-electron chi connectivity index (χ1n) is 11.1. The fraction of sp³-hybridized carbons (Fsp3) is 0.0769. The number of pyridine rings is 1. The largest absolute Gasteiger partial charge is 0.416 e.